The number of carbonyl (C=O) groups is 1. The Morgan fingerprint density at radius 3 is 2.54 bits per heavy atom. The van der Waals surface area contributed by atoms with Crippen LogP contribution in [0, 0.1) is 6.92 Å². The topological polar surface area (TPSA) is 88.9 Å². The summed E-state index contributed by atoms with van der Waals surface area (Å²) in [7, 11) is 0.551. The minimum Gasteiger partial charge on any atom is -0.495 e. The summed E-state index contributed by atoms with van der Waals surface area (Å²) in [5.41, 5.74) is 0.246. The van der Waals surface area contributed by atoms with Gasteiger partial charge in [0.2, 0.25) is 10.0 Å². The third-order valence-electron chi connectivity index (χ3n) is 3.50. The monoisotopic (exact) mass is 352 g/mol. The van der Waals surface area contributed by atoms with Gasteiger partial charge in [-0.3, -0.25) is 4.79 Å². The maximum Gasteiger partial charge on any atom is 0.254 e. The number of furan rings is 1. The number of amides is 1. The van der Waals surface area contributed by atoms with Crippen LogP contribution in [0.5, 0.6) is 5.75 Å². The maximum atomic E-state index is 12.6. The number of sulfonamides is 1. The fraction of sp³-hybridized carbons (Fsp3) is 0.312. The van der Waals surface area contributed by atoms with E-state index in [2.05, 4.69) is 4.72 Å². The van der Waals surface area contributed by atoms with E-state index in [1.54, 1.807) is 13.1 Å². The molecular formula is C16H20N2O5S. The van der Waals surface area contributed by atoms with E-state index < -0.39 is 10.0 Å². The first-order valence-corrected chi connectivity index (χ1v) is 8.69. The molecule has 8 heteroatoms. The van der Waals surface area contributed by atoms with E-state index in [1.807, 2.05) is 13.0 Å². The predicted octanol–water partition coefficient (Wildman–Crippen LogP) is 1.78. The van der Waals surface area contributed by atoms with Gasteiger partial charge in [-0.05, 0) is 44.3 Å². The van der Waals surface area contributed by atoms with E-state index in [1.165, 1.54) is 37.3 Å². The number of hydrogen-bond acceptors (Lipinski definition) is 5. The summed E-state index contributed by atoms with van der Waals surface area (Å²) < 4.78 is 36.9. The summed E-state index contributed by atoms with van der Waals surface area (Å²) in [4.78, 5) is 13.9. The minimum atomic E-state index is -3.74. The molecule has 0 fully saturated rings. The highest BCUT2D eigenvalue weighted by molar-refractivity contribution is 7.89. The van der Waals surface area contributed by atoms with Gasteiger partial charge in [0.15, 0.2) is 0 Å². The molecule has 1 aromatic heterocycles. The lowest BCUT2D eigenvalue weighted by atomic mass is 10.2. The van der Waals surface area contributed by atoms with Crippen LogP contribution in [0.4, 0.5) is 0 Å². The third-order valence-corrected chi connectivity index (χ3v) is 4.94. The molecule has 1 heterocycles. The molecule has 0 atom stereocenters. The molecule has 7 nitrogen and oxygen atoms in total. The van der Waals surface area contributed by atoms with E-state index in [0.717, 1.165) is 5.76 Å². The van der Waals surface area contributed by atoms with Crippen molar-refractivity contribution in [3.8, 4) is 5.75 Å². The van der Waals surface area contributed by atoms with Gasteiger partial charge in [-0.2, -0.15) is 0 Å². The molecule has 24 heavy (non-hydrogen) atoms. The molecule has 0 aliphatic heterocycles. The normalized spacial score (nSPS) is 11.3. The first-order chi connectivity index (χ1) is 11.3. The number of carbonyl (C=O) groups excluding carboxylic acids is 1. The average Bonchev–Trinajstić information content (AvgIpc) is 2.98. The zero-order chi connectivity index (χ0) is 17.9. The first kappa shape index (κ1) is 18.0. The van der Waals surface area contributed by atoms with Crippen LogP contribution in [0.15, 0.2) is 39.6 Å². The molecule has 0 saturated carbocycles. The number of hydrogen-bond donors (Lipinski definition) is 1. The number of methoxy groups -OCH3 is 1. The van der Waals surface area contributed by atoms with E-state index in [0.29, 0.717) is 5.76 Å². The van der Waals surface area contributed by atoms with Crippen LogP contribution in [0.25, 0.3) is 0 Å². The molecule has 0 radical (unpaired) electrons. The SMILES string of the molecule is CNS(=O)(=O)c1cc(C(=O)N(C)Cc2ccc(C)o2)ccc1OC. The first-order valence-electron chi connectivity index (χ1n) is 7.21. The van der Waals surface area contributed by atoms with Crippen molar-refractivity contribution in [2.45, 2.75) is 18.4 Å². The lowest BCUT2D eigenvalue weighted by molar-refractivity contribution is 0.0774. The number of aryl methyl sites for hydroxylation is 1. The molecule has 0 bridgehead atoms. The van der Waals surface area contributed by atoms with Gasteiger partial charge < -0.3 is 14.1 Å². The Bertz CT molecular complexity index is 842. The highest BCUT2D eigenvalue weighted by Crippen LogP contribution is 2.25. The van der Waals surface area contributed by atoms with Crippen molar-refractivity contribution >= 4 is 15.9 Å². The van der Waals surface area contributed by atoms with Crippen LogP contribution < -0.4 is 9.46 Å². The number of nitrogens with zero attached hydrogens (tertiary/aromatic N) is 1. The van der Waals surface area contributed by atoms with E-state index >= 15 is 0 Å². The zero-order valence-corrected chi connectivity index (χ0v) is 14.8. The van der Waals surface area contributed by atoms with Gasteiger partial charge >= 0.3 is 0 Å². The van der Waals surface area contributed by atoms with Crippen molar-refractivity contribution in [3.05, 3.63) is 47.4 Å². The van der Waals surface area contributed by atoms with Crippen molar-refractivity contribution < 1.29 is 22.4 Å². The van der Waals surface area contributed by atoms with Gasteiger partial charge in [-0.25, -0.2) is 13.1 Å². The van der Waals surface area contributed by atoms with Crippen LogP contribution in [0.1, 0.15) is 21.9 Å². The molecular weight excluding hydrogens is 332 g/mol. The van der Waals surface area contributed by atoms with E-state index in [9.17, 15) is 13.2 Å². The summed E-state index contributed by atoms with van der Waals surface area (Å²) in [5, 5.41) is 0. The Labute approximate surface area is 141 Å². The fourth-order valence-corrected chi connectivity index (χ4v) is 3.14. The second-order valence-electron chi connectivity index (χ2n) is 5.25. The average molecular weight is 352 g/mol. The summed E-state index contributed by atoms with van der Waals surface area (Å²) in [6.45, 7) is 2.11. The van der Waals surface area contributed by atoms with Crippen LogP contribution in [-0.4, -0.2) is 40.4 Å². The molecule has 130 valence electrons. The summed E-state index contributed by atoms with van der Waals surface area (Å²) in [5.74, 6) is 1.27. The Morgan fingerprint density at radius 1 is 1.29 bits per heavy atom. The van der Waals surface area contributed by atoms with Crippen molar-refractivity contribution in [1.82, 2.24) is 9.62 Å². The molecule has 1 aromatic carbocycles. The predicted molar refractivity (Wildman–Crippen MR) is 88.5 cm³/mol. The largest absolute Gasteiger partial charge is 0.495 e. The van der Waals surface area contributed by atoms with Gasteiger partial charge in [0.1, 0.15) is 22.2 Å². The molecule has 1 amide bonds. The van der Waals surface area contributed by atoms with Gasteiger partial charge in [0.25, 0.3) is 5.91 Å². The smallest absolute Gasteiger partial charge is 0.254 e. The second-order valence-corrected chi connectivity index (χ2v) is 7.10. The summed E-state index contributed by atoms with van der Waals surface area (Å²) in [6.07, 6.45) is 0. The van der Waals surface area contributed by atoms with Crippen molar-refractivity contribution in [3.63, 3.8) is 0 Å². The van der Waals surface area contributed by atoms with E-state index in [-0.39, 0.29) is 28.7 Å². The Morgan fingerprint density at radius 2 is 2.00 bits per heavy atom. The van der Waals surface area contributed by atoms with Crippen molar-refractivity contribution in [2.75, 3.05) is 21.2 Å². The molecule has 0 aliphatic rings. The fourth-order valence-electron chi connectivity index (χ4n) is 2.23. The summed E-state index contributed by atoms with van der Waals surface area (Å²) >= 11 is 0. The summed E-state index contributed by atoms with van der Waals surface area (Å²) in [6, 6.07) is 7.90. The zero-order valence-electron chi connectivity index (χ0n) is 14.0. The number of nitrogens with one attached hydrogen (secondary N) is 1. The van der Waals surface area contributed by atoms with Crippen LogP contribution >= 0.6 is 0 Å². The number of ether oxygens (including phenoxy) is 1. The van der Waals surface area contributed by atoms with Gasteiger partial charge in [-0.15, -0.1) is 0 Å². The highest BCUT2D eigenvalue weighted by atomic mass is 32.2. The van der Waals surface area contributed by atoms with E-state index in [4.69, 9.17) is 9.15 Å². The lowest BCUT2D eigenvalue weighted by Gasteiger charge is -2.17. The highest BCUT2D eigenvalue weighted by Gasteiger charge is 2.21. The molecule has 2 aromatic rings. The van der Waals surface area contributed by atoms with Gasteiger partial charge in [0.05, 0.1) is 13.7 Å². The molecule has 1 N–H and O–H groups in total. The van der Waals surface area contributed by atoms with Crippen LogP contribution in [0.3, 0.4) is 0 Å². The number of benzene rings is 1. The molecule has 0 spiro atoms. The standard InChI is InChI=1S/C16H20N2O5S/c1-11-5-7-13(23-11)10-18(3)16(19)12-6-8-14(22-4)15(9-12)24(20,21)17-2/h5-9,17H,10H2,1-4H3. The minimum absolute atomic E-state index is 0.0828. The Kier molecular flexibility index (Phi) is 5.30. The molecule has 0 saturated heterocycles. The Balaban J connectivity index is 2.30. The van der Waals surface area contributed by atoms with Gasteiger partial charge in [-0.1, -0.05) is 0 Å². The molecule has 0 unspecified atom stereocenters. The molecule has 0 aliphatic carbocycles. The Hall–Kier alpha value is -2.32. The number of rotatable bonds is 6. The molecule has 2 rings (SSSR count). The maximum absolute atomic E-state index is 12.6. The van der Waals surface area contributed by atoms with Crippen molar-refractivity contribution in [2.24, 2.45) is 0 Å². The van der Waals surface area contributed by atoms with Gasteiger partial charge in [0, 0.05) is 12.6 Å². The van der Waals surface area contributed by atoms with Crippen molar-refractivity contribution in [1.29, 1.82) is 0 Å². The van der Waals surface area contributed by atoms with Crippen LogP contribution in [-0.2, 0) is 16.6 Å². The third kappa shape index (κ3) is 3.77. The quantitative estimate of drug-likeness (QED) is 0.856. The lowest BCUT2D eigenvalue weighted by Crippen LogP contribution is -2.26. The van der Waals surface area contributed by atoms with Crippen LogP contribution in [0.2, 0.25) is 0 Å². The second kappa shape index (κ2) is 7.06.